The maximum Gasteiger partial charge on any atom is 0.295 e. The van der Waals surface area contributed by atoms with Gasteiger partial charge in [0, 0.05) is 17.7 Å². The van der Waals surface area contributed by atoms with Crippen LogP contribution in [0.1, 0.15) is 17.2 Å². The molecule has 0 bridgehead atoms. The molecule has 0 radical (unpaired) electrons. The maximum absolute atomic E-state index is 12.8. The summed E-state index contributed by atoms with van der Waals surface area (Å²) in [7, 11) is 3.84. The number of quaternary nitrogens is 1. The van der Waals surface area contributed by atoms with Crippen molar-refractivity contribution in [3.05, 3.63) is 81.4 Å². The van der Waals surface area contributed by atoms with E-state index in [0.717, 1.165) is 4.90 Å². The highest BCUT2D eigenvalue weighted by Crippen LogP contribution is 2.39. The van der Waals surface area contributed by atoms with Crippen molar-refractivity contribution in [1.29, 1.82) is 0 Å². The molecule has 3 rings (SSSR count). The number of likely N-dealkylation sites (N-methyl/N-ethyl adjacent to an activating group) is 1. The second-order valence-corrected chi connectivity index (χ2v) is 7.17. The average Bonchev–Trinajstić information content (AvgIpc) is 2.97. The molecule has 8 heteroatoms. The second-order valence-electron chi connectivity index (χ2n) is 7.17. The summed E-state index contributed by atoms with van der Waals surface area (Å²) >= 11 is 0. The van der Waals surface area contributed by atoms with Crippen LogP contribution in [0.25, 0.3) is 5.76 Å². The van der Waals surface area contributed by atoms with Crippen molar-refractivity contribution in [2.45, 2.75) is 6.04 Å². The summed E-state index contributed by atoms with van der Waals surface area (Å²) in [5.74, 6) is -1.81. The molecule has 8 nitrogen and oxygen atoms in total. The quantitative estimate of drug-likeness (QED) is 0.251. The van der Waals surface area contributed by atoms with E-state index in [2.05, 4.69) is 0 Å². The number of likely N-dealkylation sites (tertiary alicyclic amines) is 1. The van der Waals surface area contributed by atoms with Gasteiger partial charge in [0.25, 0.3) is 17.4 Å². The topological polar surface area (TPSA) is 105 Å². The van der Waals surface area contributed by atoms with Gasteiger partial charge in [-0.25, -0.2) is 0 Å². The Morgan fingerprint density at radius 1 is 1.14 bits per heavy atom. The highest BCUT2D eigenvalue weighted by atomic mass is 16.6. The molecular formula is C21H22N3O5+. The molecule has 29 heavy (non-hydrogen) atoms. The van der Waals surface area contributed by atoms with E-state index in [1.54, 1.807) is 36.4 Å². The van der Waals surface area contributed by atoms with Crippen molar-refractivity contribution in [3.63, 3.8) is 0 Å². The van der Waals surface area contributed by atoms with Gasteiger partial charge in [-0.1, -0.05) is 42.5 Å². The van der Waals surface area contributed by atoms with Crippen molar-refractivity contribution < 1.29 is 24.5 Å². The first-order chi connectivity index (χ1) is 13.8. The van der Waals surface area contributed by atoms with Gasteiger partial charge in [0.15, 0.2) is 0 Å². The lowest BCUT2D eigenvalue weighted by atomic mass is 9.95. The number of benzene rings is 2. The summed E-state index contributed by atoms with van der Waals surface area (Å²) in [6, 6.07) is 13.4. The van der Waals surface area contributed by atoms with E-state index < -0.39 is 22.7 Å². The van der Waals surface area contributed by atoms with Gasteiger partial charge in [-0.05, 0) is 5.56 Å². The van der Waals surface area contributed by atoms with Crippen molar-refractivity contribution in [3.8, 4) is 0 Å². The first-order valence-corrected chi connectivity index (χ1v) is 9.18. The molecule has 1 amide bonds. The third kappa shape index (κ3) is 4.02. The Balaban J connectivity index is 2.17. The predicted octanol–water partition coefficient (Wildman–Crippen LogP) is 1.16. The van der Waals surface area contributed by atoms with E-state index in [9.17, 15) is 24.8 Å². The number of aliphatic hydroxyl groups is 1. The SMILES string of the molecule is C[NH+](C)CCN1C(=O)C(=O)C(=C(O)c2ccccc2)[C@@H]1c1cccc([N+](=O)[O-])c1. The number of nitrogens with zero attached hydrogens (tertiary/aromatic N) is 2. The van der Waals surface area contributed by atoms with E-state index in [4.69, 9.17) is 0 Å². The van der Waals surface area contributed by atoms with Gasteiger partial charge in [-0.2, -0.15) is 0 Å². The van der Waals surface area contributed by atoms with E-state index in [-0.39, 0.29) is 23.6 Å². The highest BCUT2D eigenvalue weighted by molar-refractivity contribution is 6.46. The Kier molecular flexibility index (Phi) is 5.74. The number of carbonyl (C=O) groups excluding carboxylic acids is 2. The lowest BCUT2D eigenvalue weighted by molar-refractivity contribution is -0.857. The number of ketones is 1. The average molecular weight is 396 g/mol. The molecule has 1 heterocycles. The van der Waals surface area contributed by atoms with Crippen molar-refractivity contribution in [2.75, 3.05) is 27.2 Å². The van der Waals surface area contributed by atoms with Crippen LogP contribution in [0.15, 0.2) is 60.2 Å². The first-order valence-electron chi connectivity index (χ1n) is 9.18. The fourth-order valence-electron chi connectivity index (χ4n) is 3.36. The molecule has 150 valence electrons. The molecule has 2 aromatic rings. The van der Waals surface area contributed by atoms with E-state index in [0.29, 0.717) is 17.7 Å². The molecule has 1 aliphatic rings. The molecule has 2 aromatic carbocycles. The van der Waals surface area contributed by atoms with Crippen LogP contribution in [0.2, 0.25) is 0 Å². The summed E-state index contributed by atoms with van der Waals surface area (Å²) in [6.45, 7) is 0.843. The van der Waals surface area contributed by atoms with Gasteiger partial charge < -0.3 is 14.9 Å². The molecule has 0 unspecified atom stereocenters. The van der Waals surface area contributed by atoms with Crippen molar-refractivity contribution in [1.82, 2.24) is 4.90 Å². The summed E-state index contributed by atoms with van der Waals surface area (Å²) in [5, 5.41) is 22.1. The summed E-state index contributed by atoms with van der Waals surface area (Å²) in [6.07, 6.45) is 0. The minimum Gasteiger partial charge on any atom is -0.507 e. The number of nitrogens with one attached hydrogen (secondary N) is 1. The van der Waals surface area contributed by atoms with Crippen LogP contribution in [0.5, 0.6) is 0 Å². The second kappa shape index (κ2) is 8.24. The van der Waals surface area contributed by atoms with Crippen molar-refractivity contribution >= 4 is 23.1 Å². The first kappa shape index (κ1) is 20.2. The molecule has 0 spiro atoms. The predicted molar refractivity (Wildman–Crippen MR) is 106 cm³/mol. The maximum atomic E-state index is 12.8. The van der Waals surface area contributed by atoms with Gasteiger partial charge in [-0.3, -0.25) is 19.7 Å². The number of nitro groups is 1. The molecule has 0 saturated carbocycles. The van der Waals surface area contributed by atoms with Crippen LogP contribution < -0.4 is 4.90 Å². The Hall–Kier alpha value is -3.52. The molecule has 1 fully saturated rings. The molecule has 0 aliphatic carbocycles. The lowest BCUT2D eigenvalue weighted by Gasteiger charge is -2.25. The molecular weight excluding hydrogens is 374 g/mol. The van der Waals surface area contributed by atoms with E-state index >= 15 is 0 Å². The number of hydrogen-bond donors (Lipinski definition) is 2. The van der Waals surface area contributed by atoms with Gasteiger partial charge in [0.1, 0.15) is 5.76 Å². The third-order valence-electron chi connectivity index (χ3n) is 4.84. The largest absolute Gasteiger partial charge is 0.507 e. The fourth-order valence-corrected chi connectivity index (χ4v) is 3.36. The lowest BCUT2D eigenvalue weighted by Crippen LogP contribution is -3.06. The van der Waals surface area contributed by atoms with Crippen LogP contribution in [0.4, 0.5) is 5.69 Å². The van der Waals surface area contributed by atoms with Crippen LogP contribution in [0, 0.1) is 10.1 Å². The van der Waals surface area contributed by atoms with E-state index in [1.807, 2.05) is 14.1 Å². The van der Waals surface area contributed by atoms with Gasteiger partial charge in [0.05, 0.1) is 43.7 Å². The number of carbonyl (C=O) groups is 2. The third-order valence-corrected chi connectivity index (χ3v) is 4.84. The molecule has 2 N–H and O–H groups in total. The number of Topliss-reactive ketones (excluding diaryl/α,β-unsaturated/α-hetero) is 1. The Morgan fingerprint density at radius 3 is 2.45 bits per heavy atom. The highest BCUT2D eigenvalue weighted by Gasteiger charge is 2.46. The summed E-state index contributed by atoms with van der Waals surface area (Å²) in [5.41, 5.74) is 0.602. The summed E-state index contributed by atoms with van der Waals surface area (Å²) in [4.78, 5) is 38.7. The minimum atomic E-state index is -0.894. The smallest absolute Gasteiger partial charge is 0.295 e. The molecule has 1 atom stereocenters. The minimum absolute atomic E-state index is 0.0598. The number of rotatable bonds is 6. The molecule has 0 aromatic heterocycles. The fraction of sp³-hybridized carbons (Fsp3) is 0.238. The number of nitro benzene ring substituents is 1. The van der Waals surface area contributed by atoms with Crippen molar-refractivity contribution in [2.24, 2.45) is 0 Å². The van der Waals surface area contributed by atoms with Gasteiger partial charge in [0.2, 0.25) is 0 Å². The van der Waals surface area contributed by atoms with Gasteiger partial charge >= 0.3 is 0 Å². The zero-order valence-electron chi connectivity index (χ0n) is 16.2. The van der Waals surface area contributed by atoms with E-state index in [1.165, 1.54) is 23.1 Å². The van der Waals surface area contributed by atoms with Gasteiger partial charge in [-0.15, -0.1) is 0 Å². The normalized spacial score (nSPS) is 18.4. The Morgan fingerprint density at radius 2 is 1.83 bits per heavy atom. The zero-order valence-corrected chi connectivity index (χ0v) is 16.2. The number of hydrogen-bond acceptors (Lipinski definition) is 5. The van der Waals surface area contributed by atoms with Crippen LogP contribution in [-0.4, -0.2) is 53.8 Å². The summed E-state index contributed by atoms with van der Waals surface area (Å²) < 4.78 is 0. The number of amides is 1. The Bertz CT molecular complexity index is 985. The van der Waals surface area contributed by atoms with Crippen LogP contribution in [-0.2, 0) is 9.59 Å². The van der Waals surface area contributed by atoms with Crippen LogP contribution >= 0.6 is 0 Å². The number of aliphatic hydroxyl groups excluding tert-OH is 1. The monoisotopic (exact) mass is 396 g/mol. The standard InChI is InChI=1S/C21H21N3O5/c1-22(2)11-12-23-18(15-9-6-10-16(13-15)24(28)29)17(20(26)21(23)27)19(25)14-7-4-3-5-8-14/h3-10,13,18,25H,11-12H2,1-2H3/p+1/t18-/m0/s1. The zero-order chi connectivity index (χ0) is 21.1. The Labute approximate surface area is 167 Å². The van der Waals surface area contributed by atoms with Crippen LogP contribution in [0.3, 0.4) is 0 Å². The molecule has 1 aliphatic heterocycles. The molecule has 1 saturated heterocycles. The number of non-ortho nitro benzene ring substituents is 1.